The molecule has 1 aliphatic heterocycles. The van der Waals surface area contributed by atoms with E-state index in [9.17, 15) is 0 Å². The normalized spacial score (nSPS) is 25.9. The second kappa shape index (κ2) is 4.69. The molecule has 1 unspecified atom stereocenters. The monoisotopic (exact) mass is 214 g/mol. The van der Waals surface area contributed by atoms with E-state index in [-0.39, 0.29) is 5.54 Å². The maximum Gasteiger partial charge on any atom is 0.0929 e. The SMILES string of the molecule is CN1NCCCC1(C)C#Cc1ccccc1. The molecule has 16 heavy (non-hydrogen) atoms. The van der Waals surface area contributed by atoms with Crippen LogP contribution in [0.1, 0.15) is 25.3 Å². The molecule has 1 aromatic rings. The third-order valence-electron chi connectivity index (χ3n) is 3.18. The summed E-state index contributed by atoms with van der Waals surface area (Å²) in [6, 6.07) is 10.2. The average Bonchev–Trinajstić information content (AvgIpc) is 2.32. The van der Waals surface area contributed by atoms with Gasteiger partial charge in [-0.1, -0.05) is 30.0 Å². The molecule has 1 fully saturated rings. The lowest BCUT2D eigenvalue weighted by Gasteiger charge is -2.39. The predicted molar refractivity (Wildman–Crippen MR) is 66.7 cm³/mol. The molecule has 0 aromatic heterocycles. The lowest BCUT2D eigenvalue weighted by molar-refractivity contribution is 0.0809. The minimum atomic E-state index is -0.0475. The van der Waals surface area contributed by atoms with Crippen molar-refractivity contribution in [3.63, 3.8) is 0 Å². The highest BCUT2D eigenvalue weighted by Gasteiger charge is 2.29. The van der Waals surface area contributed by atoms with Gasteiger partial charge in [-0.25, -0.2) is 5.01 Å². The Morgan fingerprint density at radius 2 is 2.06 bits per heavy atom. The fourth-order valence-corrected chi connectivity index (χ4v) is 1.90. The zero-order chi connectivity index (χ0) is 11.4. The smallest absolute Gasteiger partial charge is 0.0929 e. The van der Waals surface area contributed by atoms with E-state index in [2.05, 4.69) is 36.2 Å². The van der Waals surface area contributed by atoms with Crippen molar-refractivity contribution in [2.75, 3.05) is 13.6 Å². The Hall–Kier alpha value is -1.30. The van der Waals surface area contributed by atoms with Gasteiger partial charge < -0.3 is 0 Å². The number of nitrogens with zero attached hydrogens (tertiary/aromatic N) is 1. The van der Waals surface area contributed by atoms with E-state index in [0.29, 0.717) is 0 Å². The lowest BCUT2D eigenvalue weighted by atomic mass is 9.94. The van der Waals surface area contributed by atoms with Gasteiger partial charge in [0.1, 0.15) is 0 Å². The molecule has 1 heterocycles. The molecule has 2 nitrogen and oxygen atoms in total. The van der Waals surface area contributed by atoms with Gasteiger partial charge in [-0.15, -0.1) is 0 Å². The van der Waals surface area contributed by atoms with Crippen LogP contribution >= 0.6 is 0 Å². The van der Waals surface area contributed by atoms with Crippen LogP contribution in [0.2, 0.25) is 0 Å². The van der Waals surface area contributed by atoms with E-state index in [1.165, 1.54) is 6.42 Å². The van der Waals surface area contributed by atoms with Crippen molar-refractivity contribution in [3.8, 4) is 11.8 Å². The van der Waals surface area contributed by atoms with Crippen molar-refractivity contribution in [2.45, 2.75) is 25.3 Å². The molecule has 0 spiro atoms. The van der Waals surface area contributed by atoms with Crippen molar-refractivity contribution in [1.29, 1.82) is 0 Å². The average molecular weight is 214 g/mol. The molecule has 0 bridgehead atoms. The number of rotatable bonds is 0. The quantitative estimate of drug-likeness (QED) is 0.665. The third kappa shape index (κ3) is 2.44. The summed E-state index contributed by atoms with van der Waals surface area (Å²) in [5.41, 5.74) is 4.38. The molecule has 84 valence electrons. The fraction of sp³-hybridized carbons (Fsp3) is 0.429. The maximum atomic E-state index is 3.38. The predicted octanol–water partition coefficient (Wildman–Crippen LogP) is 2.03. The molecule has 2 rings (SSSR count). The Morgan fingerprint density at radius 3 is 2.75 bits per heavy atom. The first-order valence-electron chi connectivity index (χ1n) is 5.76. The fourth-order valence-electron chi connectivity index (χ4n) is 1.90. The molecule has 1 aromatic carbocycles. The van der Waals surface area contributed by atoms with Gasteiger partial charge in [-0.05, 0) is 31.9 Å². The van der Waals surface area contributed by atoms with E-state index >= 15 is 0 Å². The van der Waals surface area contributed by atoms with Crippen molar-refractivity contribution >= 4 is 0 Å². The van der Waals surface area contributed by atoms with Gasteiger partial charge in [0.2, 0.25) is 0 Å². The molecule has 0 amide bonds. The third-order valence-corrected chi connectivity index (χ3v) is 3.18. The Labute approximate surface area is 97.6 Å². The van der Waals surface area contributed by atoms with Gasteiger partial charge in [-0.2, -0.15) is 0 Å². The van der Waals surface area contributed by atoms with Crippen molar-refractivity contribution in [3.05, 3.63) is 35.9 Å². The van der Waals surface area contributed by atoms with Gasteiger partial charge >= 0.3 is 0 Å². The van der Waals surface area contributed by atoms with E-state index < -0.39 is 0 Å². The van der Waals surface area contributed by atoms with Gasteiger partial charge in [0.15, 0.2) is 0 Å². The largest absolute Gasteiger partial charge is 0.254 e. The van der Waals surface area contributed by atoms with Crippen molar-refractivity contribution in [1.82, 2.24) is 10.4 Å². The van der Waals surface area contributed by atoms with Crippen LogP contribution in [0.5, 0.6) is 0 Å². The maximum absolute atomic E-state index is 3.38. The highest BCUT2D eigenvalue weighted by molar-refractivity contribution is 5.36. The number of hydrogen-bond donors (Lipinski definition) is 1. The first kappa shape index (κ1) is 11.2. The Kier molecular flexibility index (Phi) is 3.28. The van der Waals surface area contributed by atoms with Gasteiger partial charge in [0.05, 0.1) is 5.54 Å². The van der Waals surface area contributed by atoms with Gasteiger partial charge in [0.25, 0.3) is 0 Å². The molecule has 1 atom stereocenters. The summed E-state index contributed by atoms with van der Waals surface area (Å²) in [6.45, 7) is 3.24. The molecule has 0 aliphatic carbocycles. The van der Waals surface area contributed by atoms with Crippen LogP contribution in [0.25, 0.3) is 0 Å². The van der Waals surface area contributed by atoms with Crippen molar-refractivity contribution in [2.24, 2.45) is 0 Å². The van der Waals surface area contributed by atoms with Crippen molar-refractivity contribution < 1.29 is 0 Å². The number of nitrogens with one attached hydrogen (secondary N) is 1. The van der Waals surface area contributed by atoms with Crippen LogP contribution in [0.4, 0.5) is 0 Å². The highest BCUT2D eigenvalue weighted by Crippen LogP contribution is 2.20. The molecule has 1 saturated heterocycles. The summed E-state index contributed by atoms with van der Waals surface area (Å²) in [5.74, 6) is 6.63. The Morgan fingerprint density at radius 1 is 1.31 bits per heavy atom. The van der Waals surface area contributed by atoms with Crippen LogP contribution in [0, 0.1) is 11.8 Å². The zero-order valence-electron chi connectivity index (χ0n) is 9.96. The molecular formula is C14H18N2. The Balaban J connectivity index is 2.17. The summed E-state index contributed by atoms with van der Waals surface area (Å²) in [4.78, 5) is 0. The molecule has 1 aliphatic rings. The molecule has 1 N–H and O–H groups in total. The van der Waals surface area contributed by atoms with Crippen LogP contribution in [-0.2, 0) is 0 Å². The summed E-state index contributed by atoms with van der Waals surface area (Å²) in [6.07, 6.45) is 2.31. The first-order valence-corrected chi connectivity index (χ1v) is 5.76. The number of hydrazine groups is 1. The zero-order valence-corrected chi connectivity index (χ0v) is 9.96. The van der Waals surface area contributed by atoms with E-state index in [1.807, 2.05) is 30.3 Å². The molecular weight excluding hydrogens is 196 g/mol. The second-order valence-electron chi connectivity index (χ2n) is 4.46. The standard InChI is InChI=1S/C14H18N2/c1-14(10-6-12-15-16(14)2)11-9-13-7-4-3-5-8-13/h3-5,7-8,15H,6,10,12H2,1-2H3. The molecule has 0 radical (unpaired) electrons. The first-order chi connectivity index (χ1) is 7.71. The second-order valence-corrected chi connectivity index (χ2v) is 4.46. The van der Waals surface area contributed by atoms with Crippen LogP contribution < -0.4 is 5.43 Å². The van der Waals surface area contributed by atoms with Gasteiger partial charge in [-0.3, -0.25) is 5.43 Å². The summed E-state index contributed by atoms with van der Waals surface area (Å²) in [7, 11) is 2.07. The highest BCUT2D eigenvalue weighted by atomic mass is 15.5. The van der Waals surface area contributed by atoms with Crippen LogP contribution in [0.3, 0.4) is 0 Å². The minimum absolute atomic E-state index is 0.0475. The van der Waals surface area contributed by atoms with E-state index in [1.54, 1.807) is 0 Å². The molecule has 2 heteroatoms. The number of hydrogen-bond acceptors (Lipinski definition) is 2. The lowest BCUT2D eigenvalue weighted by Crippen LogP contribution is -2.54. The minimum Gasteiger partial charge on any atom is -0.254 e. The van der Waals surface area contributed by atoms with E-state index in [4.69, 9.17) is 0 Å². The topological polar surface area (TPSA) is 15.3 Å². The Bertz CT molecular complexity index is 402. The molecule has 0 saturated carbocycles. The van der Waals surface area contributed by atoms with E-state index in [0.717, 1.165) is 18.5 Å². The van der Waals surface area contributed by atoms with Crippen LogP contribution in [-0.4, -0.2) is 24.1 Å². The van der Waals surface area contributed by atoms with Gasteiger partial charge in [0, 0.05) is 19.2 Å². The summed E-state index contributed by atoms with van der Waals surface area (Å²) in [5, 5.41) is 2.13. The number of benzene rings is 1. The summed E-state index contributed by atoms with van der Waals surface area (Å²) >= 11 is 0. The summed E-state index contributed by atoms with van der Waals surface area (Å²) < 4.78 is 0. The van der Waals surface area contributed by atoms with Crippen LogP contribution in [0.15, 0.2) is 30.3 Å².